The van der Waals surface area contributed by atoms with E-state index in [0.29, 0.717) is 12.2 Å². The molecule has 0 aliphatic carbocycles. The molecule has 0 saturated carbocycles. The Labute approximate surface area is 149 Å². The van der Waals surface area contributed by atoms with Crippen LogP contribution in [0.3, 0.4) is 0 Å². The molecular formula is C18H19FN4O3. The number of oxazole rings is 1. The van der Waals surface area contributed by atoms with Gasteiger partial charge in [-0.25, -0.2) is 9.37 Å². The van der Waals surface area contributed by atoms with Crippen molar-refractivity contribution in [2.24, 2.45) is 0 Å². The SMILES string of the molecule is Cc1cc(C[C@@H](C)NC(=O)c2coc(COc3ccc(F)cc3)n2)n[nH]1. The Morgan fingerprint density at radius 3 is 2.85 bits per heavy atom. The lowest BCUT2D eigenvalue weighted by Crippen LogP contribution is -2.34. The van der Waals surface area contributed by atoms with Crippen LogP contribution in [0.1, 0.15) is 34.7 Å². The molecule has 2 aromatic heterocycles. The summed E-state index contributed by atoms with van der Waals surface area (Å²) in [6.45, 7) is 3.85. The standard InChI is InChI=1S/C18H19FN4O3/c1-11(7-14-8-12(2)22-23-14)20-18(24)16-9-26-17(21-16)10-25-15-5-3-13(19)4-6-15/h3-6,8-9,11H,7,10H2,1-2H3,(H,20,24)(H,22,23)/t11-/m1/s1. The average Bonchev–Trinajstić information content (AvgIpc) is 3.23. The van der Waals surface area contributed by atoms with E-state index in [9.17, 15) is 9.18 Å². The molecule has 2 heterocycles. The second-order valence-electron chi connectivity index (χ2n) is 5.99. The number of carbonyl (C=O) groups excluding carboxylic acids is 1. The molecule has 0 fully saturated rings. The van der Waals surface area contributed by atoms with Crippen molar-refractivity contribution in [1.82, 2.24) is 20.5 Å². The van der Waals surface area contributed by atoms with Crippen molar-refractivity contribution in [3.63, 3.8) is 0 Å². The number of rotatable bonds is 7. The lowest BCUT2D eigenvalue weighted by Gasteiger charge is -2.10. The van der Waals surface area contributed by atoms with Gasteiger partial charge in [0.2, 0.25) is 5.89 Å². The van der Waals surface area contributed by atoms with Crippen molar-refractivity contribution in [3.05, 3.63) is 65.4 Å². The van der Waals surface area contributed by atoms with E-state index in [1.165, 1.54) is 30.5 Å². The predicted molar refractivity (Wildman–Crippen MR) is 91.2 cm³/mol. The van der Waals surface area contributed by atoms with Gasteiger partial charge in [0.05, 0.1) is 5.69 Å². The first-order valence-corrected chi connectivity index (χ1v) is 8.14. The Kier molecular flexibility index (Phi) is 5.31. The van der Waals surface area contributed by atoms with Gasteiger partial charge in [-0.15, -0.1) is 0 Å². The maximum atomic E-state index is 12.8. The summed E-state index contributed by atoms with van der Waals surface area (Å²) in [6, 6.07) is 7.43. The molecule has 3 aromatic rings. The van der Waals surface area contributed by atoms with Crippen LogP contribution in [0, 0.1) is 12.7 Å². The molecule has 8 heteroatoms. The number of hydrogen-bond acceptors (Lipinski definition) is 5. The highest BCUT2D eigenvalue weighted by molar-refractivity contribution is 5.92. The number of aromatic nitrogens is 3. The molecule has 3 rings (SSSR count). The molecule has 1 aromatic carbocycles. The summed E-state index contributed by atoms with van der Waals surface area (Å²) in [6.07, 6.45) is 1.89. The molecule has 0 bridgehead atoms. The first-order chi connectivity index (χ1) is 12.5. The van der Waals surface area contributed by atoms with Gasteiger partial charge in [-0.05, 0) is 44.2 Å². The van der Waals surface area contributed by atoms with Crippen molar-refractivity contribution < 1.29 is 18.3 Å². The van der Waals surface area contributed by atoms with Gasteiger partial charge in [-0.1, -0.05) is 0 Å². The molecule has 26 heavy (non-hydrogen) atoms. The minimum atomic E-state index is -0.341. The zero-order valence-electron chi connectivity index (χ0n) is 14.5. The van der Waals surface area contributed by atoms with Crippen LogP contribution in [0.4, 0.5) is 4.39 Å². The summed E-state index contributed by atoms with van der Waals surface area (Å²) in [5, 5.41) is 9.87. The number of nitrogens with zero attached hydrogens (tertiary/aromatic N) is 2. The van der Waals surface area contributed by atoms with Crippen LogP contribution in [0.5, 0.6) is 5.75 Å². The first kappa shape index (κ1) is 17.7. The second kappa shape index (κ2) is 7.81. The van der Waals surface area contributed by atoms with Crippen LogP contribution >= 0.6 is 0 Å². The van der Waals surface area contributed by atoms with E-state index < -0.39 is 0 Å². The highest BCUT2D eigenvalue weighted by Crippen LogP contribution is 2.13. The lowest BCUT2D eigenvalue weighted by atomic mass is 10.1. The Morgan fingerprint density at radius 1 is 1.38 bits per heavy atom. The summed E-state index contributed by atoms with van der Waals surface area (Å²) in [5.74, 6) is 0.0710. The third-order valence-corrected chi connectivity index (χ3v) is 3.61. The van der Waals surface area contributed by atoms with Crippen LogP contribution < -0.4 is 10.1 Å². The monoisotopic (exact) mass is 358 g/mol. The van der Waals surface area contributed by atoms with Crippen LogP contribution in [0.25, 0.3) is 0 Å². The van der Waals surface area contributed by atoms with Crippen molar-refractivity contribution in [2.45, 2.75) is 32.9 Å². The van der Waals surface area contributed by atoms with E-state index >= 15 is 0 Å². The molecule has 0 spiro atoms. The number of aryl methyl sites for hydroxylation is 1. The minimum Gasteiger partial charge on any atom is -0.484 e. The first-order valence-electron chi connectivity index (χ1n) is 8.14. The molecule has 0 unspecified atom stereocenters. The molecule has 0 aliphatic heterocycles. The van der Waals surface area contributed by atoms with Gasteiger partial charge in [-0.2, -0.15) is 5.10 Å². The number of H-pyrrole nitrogens is 1. The van der Waals surface area contributed by atoms with Gasteiger partial charge in [0.15, 0.2) is 12.3 Å². The number of carbonyl (C=O) groups is 1. The zero-order chi connectivity index (χ0) is 18.5. The highest BCUT2D eigenvalue weighted by Gasteiger charge is 2.16. The van der Waals surface area contributed by atoms with Crippen molar-refractivity contribution >= 4 is 5.91 Å². The molecule has 1 amide bonds. The van der Waals surface area contributed by atoms with E-state index in [1.807, 2.05) is 19.9 Å². The molecule has 0 radical (unpaired) electrons. The van der Waals surface area contributed by atoms with Crippen molar-refractivity contribution in [1.29, 1.82) is 0 Å². The fourth-order valence-corrected chi connectivity index (χ4v) is 2.40. The Hall–Kier alpha value is -3.16. The molecule has 0 aliphatic rings. The fourth-order valence-electron chi connectivity index (χ4n) is 2.40. The van der Waals surface area contributed by atoms with Gasteiger partial charge in [0.25, 0.3) is 5.91 Å². The minimum absolute atomic E-state index is 0.0427. The summed E-state index contributed by atoms with van der Waals surface area (Å²) >= 11 is 0. The number of hydrogen-bond donors (Lipinski definition) is 2. The summed E-state index contributed by atoms with van der Waals surface area (Å²) in [7, 11) is 0. The van der Waals surface area contributed by atoms with Gasteiger partial charge in [0.1, 0.15) is 17.8 Å². The van der Waals surface area contributed by atoms with Gasteiger partial charge >= 0.3 is 0 Å². The van der Waals surface area contributed by atoms with Gasteiger partial charge < -0.3 is 14.5 Å². The third kappa shape index (κ3) is 4.69. The topological polar surface area (TPSA) is 93.0 Å². The zero-order valence-corrected chi connectivity index (χ0v) is 14.5. The number of benzene rings is 1. The van der Waals surface area contributed by atoms with E-state index in [2.05, 4.69) is 20.5 Å². The lowest BCUT2D eigenvalue weighted by molar-refractivity contribution is 0.0935. The fraction of sp³-hybridized carbons (Fsp3) is 0.278. The average molecular weight is 358 g/mol. The number of halogens is 1. The molecular weight excluding hydrogens is 339 g/mol. The number of ether oxygens (including phenoxy) is 1. The summed E-state index contributed by atoms with van der Waals surface area (Å²) in [5.41, 5.74) is 2.03. The van der Waals surface area contributed by atoms with E-state index in [0.717, 1.165) is 11.4 Å². The van der Waals surface area contributed by atoms with E-state index in [-0.39, 0.29) is 36.0 Å². The highest BCUT2D eigenvalue weighted by atomic mass is 19.1. The van der Waals surface area contributed by atoms with Crippen molar-refractivity contribution in [2.75, 3.05) is 0 Å². The van der Waals surface area contributed by atoms with E-state index in [4.69, 9.17) is 9.15 Å². The number of nitrogens with one attached hydrogen (secondary N) is 2. The summed E-state index contributed by atoms with van der Waals surface area (Å²) < 4.78 is 23.5. The van der Waals surface area contributed by atoms with Crippen molar-refractivity contribution in [3.8, 4) is 5.75 Å². The van der Waals surface area contributed by atoms with Gasteiger partial charge in [0, 0.05) is 18.2 Å². The molecule has 7 nitrogen and oxygen atoms in total. The second-order valence-corrected chi connectivity index (χ2v) is 5.99. The van der Waals surface area contributed by atoms with E-state index in [1.54, 1.807) is 0 Å². The van der Waals surface area contributed by atoms with Crippen LogP contribution in [-0.4, -0.2) is 27.1 Å². The Morgan fingerprint density at radius 2 is 2.15 bits per heavy atom. The largest absolute Gasteiger partial charge is 0.484 e. The molecule has 136 valence electrons. The number of amides is 1. The van der Waals surface area contributed by atoms with Crippen LogP contribution in [0.15, 0.2) is 41.0 Å². The third-order valence-electron chi connectivity index (χ3n) is 3.61. The Balaban J connectivity index is 1.51. The van der Waals surface area contributed by atoms with Crippen LogP contribution in [0.2, 0.25) is 0 Å². The normalized spacial score (nSPS) is 12.0. The quantitative estimate of drug-likeness (QED) is 0.677. The van der Waals surface area contributed by atoms with Gasteiger partial charge in [-0.3, -0.25) is 9.89 Å². The van der Waals surface area contributed by atoms with Crippen LogP contribution in [-0.2, 0) is 13.0 Å². The Bertz CT molecular complexity index is 873. The summed E-state index contributed by atoms with van der Waals surface area (Å²) in [4.78, 5) is 16.3. The number of aromatic amines is 1. The molecule has 2 N–H and O–H groups in total. The predicted octanol–water partition coefficient (Wildman–Crippen LogP) is 2.79. The maximum Gasteiger partial charge on any atom is 0.273 e. The molecule has 0 saturated heterocycles. The molecule has 1 atom stereocenters. The maximum absolute atomic E-state index is 12.8. The smallest absolute Gasteiger partial charge is 0.273 e.